The molecule has 0 radical (unpaired) electrons. The van der Waals surface area contributed by atoms with Crippen molar-refractivity contribution in [2.24, 2.45) is 0 Å². The first-order chi connectivity index (χ1) is 10.5. The van der Waals surface area contributed by atoms with Crippen LogP contribution in [-0.4, -0.2) is 35.4 Å². The molecule has 5 heteroatoms. The SMILES string of the molecule is CN1CCC[C@@H]1CC(=O)NC(C)(C)c1nccc2occc12. The third kappa shape index (κ3) is 2.86. The van der Waals surface area contributed by atoms with Crippen LogP contribution >= 0.6 is 0 Å². The largest absolute Gasteiger partial charge is 0.464 e. The van der Waals surface area contributed by atoms with Gasteiger partial charge in [-0.15, -0.1) is 0 Å². The smallest absolute Gasteiger partial charge is 0.222 e. The zero-order valence-corrected chi connectivity index (χ0v) is 13.4. The molecule has 22 heavy (non-hydrogen) atoms. The lowest BCUT2D eigenvalue weighted by Crippen LogP contribution is -2.43. The molecule has 5 nitrogen and oxygen atoms in total. The Hall–Kier alpha value is -1.88. The monoisotopic (exact) mass is 301 g/mol. The molecule has 1 aliphatic rings. The molecule has 1 aliphatic heterocycles. The zero-order chi connectivity index (χ0) is 15.7. The van der Waals surface area contributed by atoms with E-state index in [9.17, 15) is 4.79 Å². The minimum absolute atomic E-state index is 0.0750. The highest BCUT2D eigenvalue weighted by Gasteiger charge is 2.29. The number of nitrogens with zero attached hydrogens (tertiary/aromatic N) is 2. The Morgan fingerprint density at radius 1 is 1.50 bits per heavy atom. The molecule has 1 fully saturated rings. The Morgan fingerprint density at radius 3 is 3.05 bits per heavy atom. The van der Waals surface area contributed by atoms with Gasteiger partial charge in [0.1, 0.15) is 5.58 Å². The zero-order valence-electron chi connectivity index (χ0n) is 13.4. The maximum Gasteiger partial charge on any atom is 0.222 e. The van der Waals surface area contributed by atoms with Gasteiger partial charge in [0.05, 0.1) is 17.5 Å². The van der Waals surface area contributed by atoms with Crippen LogP contribution in [0.5, 0.6) is 0 Å². The van der Waals surface area contributed by atoms with Gasteiger partial charge in [0, 0.05) is 24.0 Å². The summed E-state index contributed by atoms with van der Waals surface area (Å²) in [7, 11) is 2.09. The number of hydrogen-bond donors (Lipinski definition) is 1. The standard InChI is InChI=1S/C17H23N3O2/c1-17(2,16-13-7-10-22-14(13)6-8-18-16)19-15(21)11-12-5-4-9-20(12)3/h6-8,10,12H,4-5,9,11H2,1-3H3,(H,19,21)/t12-/m1/s1. The van der Waals surface area contributed by atoms with Crippen LogP contribution in [0.3, 0.4) is 0 Å². The molecule has 118 valence electrons. The maximum absolute atomic E-state index is 12.4. The van der Waals surface area contributed by atoms with E-state index in [0.29, 0.717) is 12.5 Å². The van der Waals surface area contributed by atoms with E-state index in [-0.39, 0.29) is 5.91 Å². The average molecular weight is 301 g/mol. The number of furan rings is 1. The van der Waals surface area contributed by atoms with Crippen molar-refractivity contribution in [3.05, 3.63) is 30.3 Å². The van der Waals surface area contributed by atoms with Gasteiger partial charge in [-0.2, -0.15) is 0 Å². The second kappa shape index (κ2) is 5.72. The quantitative estimate of drug-likeness (QED) is 0.943. The van der Waals surface area contributed by atoms with Crippen LogP contribution in [0.2, 0.25) is 0 Å². The summed E-state index contributed by atoms with van der Waals surface area (Å²) in [4.78, 5) is 19.1. The van der Waals surface area contributed by atoms with Crippen molar-refractivity contribution >= 4 is 16.9 Å². The Balaban J connectivity index is 1.75. The molecule has 1 saturated heterocycles. The molecule has 3 heterocycles. The van der Waals surface area contributed by atoms with Crippen LogP contribution in [0.1, 0.15) is 38.8 Å². The van der Waals surface area contributed by atoms with Crippen LogP contribution < -0.4 is 5.32 Å². The molecule has 2 aromatic heterocycles. The van der Waals surface area contributed by atoms with E-state index < -0.39 is 5.54 Å². The Bertz CT molecular complexity index is 677. The fourth-order valence-electron chi connectivity index (χ4n) is 3.30. The van der Waals surface area contributed by atoms with E-state index in [1.807, 2.05) is 26.0 Å². The van der Waals surface area contributed by atoms with Crippen molar-refractivity contribution in [2.45, 2.75) is 44.7 Å². The molecule has 3 rings (SSSR count). The summed E-state index contributed by atoms with van der Waals surface area (Å²) >= 11 is 0. The number of hydrogen-bond acceptors (Lipinski definition) is 4. The lowest BCUT2D eigenvalue weighted by molar-refractivity contribution is -0.123. The van der Waals surface area contributed by atoms with E-state index in [2.05, 4.69) is 22.2 Å². The lowest BCUT2D eigenvalue weighted by Gasteiger charge is -2.28. The third-order valence-electron chi connectivity index (χ3n) is 4.52. The average Bonchev–Trinajstić information content (AvgIpc) is 3.07. The molecular formula is C17H23N3O2. The van der Waals surface area contributed by atoms with E-state index >= 15 is 0 Å². The summed E-state index contributed by atoms with van der Waals surface area (Å²) in [6, 6.07) is 4.09. The number of carbonyl (C=O) groups is 1. The molecule has 2 aromatic rings. The first kappa shape index (κ1) is 15.0. The summed E-state index contributed by atoms with van der Waals surface area (Å²) in [5, 5.41) is 4.08. The lowest BCUT2D eigenvalue weighted by atomic mass is 9.96. The fourth-order valence-corrected chi connectivity index (χ4v) is 3.30. The summed E-state index contributed by atoms with van der Waals surface area (Å²) < 4.78 is 5.42. The second-order valence-electron chi connectivity index (χ2n) is 6.65. The Labute approximate surface area is 130 Å². The summed E-state index contributed by atoms with van der Waals surface area (Å²) in [5.74, 6) is 0.0750. The number of carbonyl (C=O) groups excluding carboxylic acids is 1. The number of nitrogens with one attached hydrogen (secondary N) is 1. The van der Waals surface area contributed by atoms with Crippen LogP contribution in [0.15, 0.2) is 29.0 Å². The minimum Gasteiger partial charge on any atom is -0.464 e. The molecule has 1 amide bonds. The molecule has 0 aromatic carbocycles. The molecule has 0 saturated carbocycles. The van der Waals surface area contributed by atoms with Crippen molar-refractivity contribution in [1.82, 2.24) is 15.2 Å². The van der Waals surface area contributed by atoms with Crippen LogP contribution in [0, 0.1) is 0 Å². The van der Waals surface area contributed by atoms with Gasteiger partial charge in [-0.05, 0) is 52.4 Å². The predicted octanol–water partition coefficient (Wildman–Crippen LogP) is 2.66. The number of fused-ring (bicyclic) bond motifs is 1. The minimum atomic E-state index is -0.530. The fraction of sp³-hybridized carbons (Fsp3) is 0.529. The summed E-state index contributed by atoms with van der Waals surface area (Å²) in [6.45, 7) is 5.05. The van der Waals surface area contributed by atoms with E-state index in [1.165, 1.54) is 6.42 Å². The summed E-state index contributed by atoms with van der Waals surface area (Å²) in [5.41, 5.74) is 1.10. The van der Waals surface area contributed by atoms with Gasteiger partial charge in [0.15, 0.2) is 0 Å². The van der Waals surface area contributed by atoms with Gasteiger partial charge < -0.3 is 14.6 Å². The van der Waals surface area contributed by atoms with Gasteiger partial charge in [0.25, 0.3) is 0 Å². The topological polar surface area (TPSA) is 58.4 Å². The van der Waals surface area contributed by atoms with Crippen LogP contribution in [0.4, 0.5) is 0 Å². The van der Waals surface area contributed by atoms with Crippen molar-refractivity contribution in [3.63, 3.8) is 0 Å². The molecule has 0 unspecified atom stereocenters. The van der Waals surface area contributed by atoms with Gasteiger partial charge in [0.2, 0.25) is 5.91 Å². The van der Waals surface area contributed by atoms with Crippen molar-refractivity contribution in [3.8, 4) is 0 Å². The second-order valence-corrected chi connectivity index (χ2v) is 6.65. The number of rotatable bonds is 4. The Morgan fingerprint density at radius 2 is 2.32 bits per heavy atom. The van der Waals surface area contributed by atoms with E-state index in [0.717, 1.165) is 29.6 Å². The van der Waals surface area contributed by atoms with E-state index in [1.54, 1.807) is 12.5 Å². The van der Waals surface area contributed by atoms with Gasteiger partial charge >= 0.3 is 0 Å². The Kier molecular flexibility index (Phi) is 3.91. The highest BCUT2D eigenvalue weighted by molar-refractivity contribution is 5.82. The van der Waals surface area contributed by atoms with Crippen LogP contribution in [0.25, 0.3) is 11.0 Å². The highest BCUT2D eigenvalue weighted by Crippen LogP contribution is 2.27. The number of pyridine rings is 1. The highest BCUT2D eigenvalue weighted by atomic mass is 16.3. The molecule has 0 aliphatic carbocycles. The number of likely N-dealkylation sites (tertiary alicyclic amines) is 1. The summed E-state index contributed by atoms with van der Waals surface area (Å²) in [6.07, 6.45) is 6.19. The molecule has 1 atom stereocenters. The molecular weight excluding hydrogens is 278 g/mol. The predicted molar refractivity (Wildman–Crippen MR) is 85.4 cm³/mol. The van der Waals surface area contributed by atoms with Crippen molar-refractivity contribution < 1.29 is 9.21 Å². The molecule has 1 N–H and O–H groups in total. The molecule has 0 bridgehead atoms. The van der Waals surface area contributed by atoms with Gasteiger partial charge in [-0.1, -0.05) is 0 Å². The van der Waals surface area contributed by atoms with Gasteiger partial charge in [-0.25, -0.2) is 0 Å². The molecule has 0 spiro atoms. The van der Waals surface area contributed by atoms with Crippen molar-refractivity contribution in [2.75, 3.05) is 13.6 Å². The van der Waals surface area contributed by atoms with Crippen molar-refractivity contribution in [1.29, 1.82) is 0 Å². The number of amides is 1. The van der Waals surface area contributed by atoms with Crippen LogP contribution in [-0.2, 0) is 10.3 Å². The van der Waals surface area contributed by atoms with E-state index in [4.69, 9.17) is 4.42 Å². The maximum atomic E-state index is 12.4. The first-order valence-corrected chi connectivity index (χ1v) is 7.81. The first-order valence-electron chi connectivity index (χ1n) is 7.81. The number of aromatic nitrogens is 1. The van der Waals surface area contributed by atoms with Gasteiger partial charge in [-0.3, -0.25) is 9.78 Å². The third-order valence-corrected chi connectivity index (χ3v) is 4.52. The normalized spacial score (nSPS) is 19.7.